The number of anilines is 1. The lowest BCUT2D eigenvalue weighted by Crippen LogP contribution is -2.20. The minimum atomic E-state index is -0.628. The fourth-order valence-electron chi connectivity index (χ4n) is 2.86. The highest BCUT2D eigenvalue weighted by Crippen LogP contribution is 2.34. The van der Waals surface area contributed by atoms with E-state index in [1.54, 1.807) is 6.07 Å². The summed E-state index contributed by atoms with van der Waals surface area (Å²) >= 11 is 0. The molecular weight excluding hydrogens is 284 g/mol. The molecule has 0 spiro atoms. The van der Waals surface area contributed by atoms with Gasteiger partial charge in [-0.3, -0.25) is 9.59 Å². The quantitative estimate of drug-likeness (QED) is 0.844. The molecule has 0 atom stereocenters. The molecule has 1 aliphatic rings. The predicted molar refractivity (Wildman–Crippen MR) is 83.3 cm³/mol. The van der Waals surface area contributed by atoms with Crippen molar-refractivity contribution in [1.29, 1.82) is 0 Å². The third-order valence-corrected chi connectivity index (χ3v) is 4.01. The molecule has 22 heavy (non-hydrogen) atoms. The van der Waals surface area contributed by atoms with Crippen LogP contribution in [0, 0.1) is 5.92 Å². The molecule has 120 valence electrons. The van der Waals surface area contributed by atoms with E-state index in [4.69, 9.17) is 15.2 Å². The predicted octanol–water partition coefficient (Wildman–Crippen LogP) is 2.32. The molecule has 1 saturated carbocycles. The van der Waals surface area contributed by atoms with Crippen LogP contribution in [0.4, 0.5) is 5.69 Å². The van der Waals surface area contributed by atoms with Gasteiger partial charge >= 0.3 is 0 Å². The molecule has 6 heteroatoms. The zero-order valence-corrected chi connectivity index (χ0v) is 13.0. The second-order valence-corrected chi connectivity index (χ2v) is 5.52. The average molecular weight is 306 g/mol. The van der Waals surface area contributed by atoms with Gasteiger partial charge in [0.15, 0.2) is 11.5 Å². The largest absolute Gasteiger partial charge is 0.493 e. The molecule has 0 heterocycles. The number of nitrogens with one attached hydrogen (secondary N) is 1. The first-order valence-electron chi connectivity index (χ1n) is 7.40. The first-order valence-corrected chi connectivity index (χ1v) is 7.40. The van der Waals surface area contributed by atoms with Gasteiger partial charge in [0.05, 0.1) is 25.5 Å². The Morgan fingerprint density at radius 1 is 1.18 bits per heavy atom. The van der Waals surface area contributed by atoms with Gasteiger partial charge in [-0.15, -0.1) is 0 Å². The number of carbonyl (C=O) groups excluding carboxylic acids is 2. The number of carbonyl (C=O) groups is 2. The second kappa shape index (κ2) is 7.15. The summed E-state index contributed by atoms with van der Waals surface area (Å²) in [6.07, 6.45) is 5.00. The van der Waals surface area contributed by atoms with E-state index in [9.17, 15) is 9.59 Å². The Balaban J connectivity index is 2.20. The van der Waals surface area contributed by atoms with Gasteiger partial charge in [-0.1, -0.05) is 12.8 Å². The van der Waals surface area contributed by atoms with Gasteiger partial charge < -0.3 is 20.5 Å². The number of rotatable bonds is 6. The van der Waals surface area contributed by atoms with Crippen LogP contribution in [0.15, 0.2) is 12.1 Å². The van der Waals surface area contributed by atoms with Gasteiger partial charge in [0.1, 0.15) is 0 Å². The molecule has 0 aromatic heterocycles. The lowest BCUT2D eigenvalue weighted by atomic mass is 10.0. The molecule has 1 aromatic rings. The van der Waals surface area contributed by atoms with Crippen molar-refractivity contribution in [3.05, 3.63) is 17.7 Å². The van der Waals surface area contributed by atoms with Gasteiger partial charge in [-0.2, -0.15) is 0 Å². The zero-order valence-electron chi connectivity index (χ0n) is 13.0. The van der Waals surface area contributed by atoms with Crippen molar-refractivity contribution in [3.8, 4) is 11.5 Å². The summed E-state index contributed by atoms with van der Waals surface area (Å²) in [5, 5.41) is 2.77. The third kappa shape index (κ3) is 3.69. The minimum Gasteiger partial charge on any atom is -0.493 e. The lowest BCUT2D eigenvalue weighted by Gasteiger charge is -2.15. The summed E-state index contributed by atoms with van der Waals surface area (Å²) < 4.78 is 10.3. The number of methoxy groups -OCH3 is 2. The molecule has 6 nitrogen and oxygen atoms in total. The summed E-state index contributed by atoms with van der Waals surface area (Å²) in [7, 11) is 2.97. The number of primary amides is 1. The highest BCUT2D eigenvalue weighted by atomic mass is 16.5. The lowest BCUT2D eigenvalue weighted by molar-refractivity contribution is -0.117. The van der Waals surface area contributed by atoms with Crippen molar-refractivity contribution < 1.29 is 19.1 Å². The van der Waals surface area contributed by atoms with Crippen molar-refractivity contribution >= 4 is 17.5 Å². The summed E-state index contributed by atoms with van der Waals surface area (Å²) in [5.74, 6) is 0.518. The van der Waals surface area contributed by atoms with Crippen LogP contribution in [0.3, 0.4) is 0 Å². The number of nitrogens with two attached hydrogens (primary N) is 1. The van der Waals surface area contributed by atoms with Crippen LogP contribution in [-0.4, -0.2) is 26.0 Å². The Hall–Kier alpha value is -2.24. The van der Waals surface area contributed by atoms with Gasteiger partial charge in [0.25, 0.3) is 5.91 Å². The average Bonchev–Trinajstić information content (AvgIpc) is 2.99. The zero-order chi connectivity index (χ0) is 16.1. The van der Waals surface area contributed by atoms with Gasteiger partial charge in [0, 0.05) is 12.5 Å². The number of hydrogen-bond donors (Lipinski definition) is 2. The third-order valence-electron chi connectivity index (χ3n) is 4.01. The fourth-order valence-corrected chi connectivity index (χ4v) is 2.86. The molecule has 0 radical (unpaired) electrons. The Bertz CT molecular complexity index is 566. The van der Waals surface area contributed by atoms with Crippen LogP contribution >= 0.6 is 0 Å². The van der Waals surface area contributed by atoms with Crippen molar-refractivity contribution in [1.82, 2.24) is 0 Å². The Kier molecular flexibility index (Phi) is 5.25. The van der Waals surface area contributed by atoms with Crippen LogP contribution in [0.2, 0.25) is 0 Å². The summed E-state index contributed by atoms with van der Waals surface area (Å²) in [6, 6.07) is 3.04. The van der Waals surface area contributed by atoms with Crippen LogP contribution in [0.1, 0.15) is 42.5 Å². The molecular formula is C16H22N2O4. The summed E-state index contributed by atoms with van der Waals surface area (Å²) in [4.78, 5) is 23.8. The number of hydrogen-bond acceptors (Lipinski definition) is 4. The topological polar surface area (TPSA) is 90.6 Å². The molecule has 1 aromatic carbocycles. The van der Waals surface area contributed by atoms with Crippen molar-refractivity contribution in [2.75, 3.05) is 19.5 Å². The first-order chi connectivity index (χ1) is 10.5. The molecule has 2 amide bonds. The van der Waals surface area contributed by atoms with Gasteiger partial charge in [-0.05, 0) is 24.8 Å². The molecule has 1 aliphatic carbocycles. The minimum absolute atomic E-state index is 0.110. The standard InChI is InChI=1S/C16H22N2O4/c1-21-13-8-11(16(17)20)12(9-14(13)22-2)18-15(19)7-10-5-3-4-6-10/h8-10H,3-7H2,1-2H3,(H2,17,20)(H,18,19). The maximum absolute atomic E-state index is 12.2. The van der Waals surface area contributed by atoms with Crippen LogP contribution < -0.4 is 20.5 Å². The normalized spacial score (nSPS) is 14.6. The van der Waals surface area contributed by atoms with E-state index < -0.39 is 5.91 Å². The molecule has 0 saturated heterocycles. The van der Waals surface area contributed by atoms with E-state index in [1.807, 2.05) is 0 Å². The maximum Gasteiger partial charge on any atom is 0.250 e. The molecule has 0 aliphatic heterocycles. The Morgan fingerprint density at radius 2 is 1.77 bits per heavy atom. The van der Waals surface area contributed by atoms with Crippen molar-refractivity contribution in [2.45, 2.75) is 32.1 Å². The smallest absolute Gasteiger partial charge is 0.250 e. The van der Waals surface area contributed by atoms with Crippen molar-refractivity contribution in [3.63, 3.8) is 0 Å². The summed E-state index contributed by atoms with van der Waals surface area (Å²) in [5.41, 5.74) is 5.94. The van der Waals surface area contributed by atoms with E-state index in [0.29, 0.717) is 29.5 Å². The molecule has 0 bridgehead atoms. The number of amides is 2. The van der Waals surface area contributed by atoms with E-state index in [1.165, 1.54) is 33.1 Å². The Morgan fingerprint density at radius 3 is 2.32 bits per heavy atom. The first kappa shape index (κ1) is 16.1. The van der Waals surface area contributed by atoms with E-state index in [0.717, 1.165) is 12.8 Å². The second-order valence-electron chi connectivity index (χ2n) is 5.52. The molecule has 0 unspecified atom stereocenters. The molecule has 2 rings (SSSR count). The number of benzene rings is 1. The maximum atomic E-state index is 12.2. The van der Waals surface area contributed by atoms with Crippen LogP contribution in [0.25, 0.3) is 0 Å². The Labute approximate surface area is 130 Å². The molecule has 1 fully saturated rings. The molecule has 3 N–H and O–H groups in total. The number of ether oxygens (including phenoxy) is 2. The van der Waals surface area contributed by atoms with E-state index >= 15 is 0 Å². The highest BCUT2D eigenvalue weighted by Gasteiger charge is 2.21. The monoisotopic (exact) mass is 306 g/mol. The summed E-state index contributed by atoms with van der Waals surface area (Å²) in [6.45, 7) is 0. The highest BCUT2D eigenvalue weighted by molar-refractivity contribution is 6.03. The van der Waals surface area contributed by atoms with Gasteiger partial charge in [-0.25, -0.2) is 0 Å². The van der Waals surface area contributed by atoms with E-state index in [-0.39, 0.29) is 11.5 Å². The van der Waals surface area contributed by atoms with E-state index in [2.05, 4.69) is 5.32 Å². The van der Waals surface area contributed by atoms with Crippen molar-refractivity contribution in [2.24, 2.45) is 11.7 Å². The van der Waals surface area contributed by atoms with Crippen LogP contribution in [-0.2, 0) is 4.79 Å². The van der Waals surface area contributed by atoms with Crippen LogP contribution in [0.5, 0.6) is 11.5 Å². The SMILES string of the molecule is COc1cc(NC(=O)CC2CCCC2)c(C(N)=O)cc1OC. The van der Waals surface area contributed by atoms with Gasteiger partial charge in [0.2, 0.25) is 5.91 Å². The fraction of sp³-hybridized carbons (Fsp3) is 0.500.